The van der Waals surface area contributed by atoms with Gasteiger partial charge in [0.05, 0.1) is 11.4 Å². The molecular formula is C40H24N2. The van der Waals surface area contributed by atoms with Crippen LogP contribution in [0.3, 0.4) is 0 Å². The molecule has 0 aliphatic carbocycles. The van der Waals surface area contributed by atoms with Gasteiger partial charge in [0.2, 0.25) is 0 Å². The van der Waals surface area contributed by atoms with Crippen LogP contribution in [0, 0.1) is 0 Å². The van der Waals surface area contributed by atoms with E-state index in [0.29, 0.717) is 0 Å². The number of rotatable bonds is 2. The monoisotopic (exact) mass is 532 g/mol. The molecule has 0 atom stereocenters. The van der Waals surface area contributed by atoms with E-state index in [-0.39, 0.29) is 0 Å². The Bertz CT molecular complexity index is 2260. The van der Waals surface area contributed by atoms with Crippen LogP contribution >= 0.6 is 0 Å². The van der Waals surface area contributed by atoms with E-state index in [1.54, 1.807) is 0 Å². The minimum absolute atomic E-state index is 0.971. The fraction of sp³-hybridized carbons (Fsp3) is 0. The van der Waals surface area contributed by atoms with Crippen molar-refractivity contribution in [3.8, 4) is 22.5 Å². The Labute approximate surface area is 242 Å². The highest BCUT2D eigenvalue weighted by Crippen LogP contribution is 2.38. The number of hydrogen-bond acceptors (Lipinski definition) is 2. The second-order valence-corrected chi connectivity index (χ2v) is 11.0. The maximum Gasteiger partial charge on any atom is 0.0708 e. The van der Waals surface area contributed by atoms with Gasteiger partial charge in [0.15, 0.2) is 0 Å². The number of aromatic nitrogens is 2. The van der Waals surface area contributed by atoms with Crippen LogP contribution in [-0.2, 0) is 0 Å². The lowest BCUT2D eigenvalue weighted by Crippen LogP contribution is -1.89. The summed E-state index contributed by atoms with van der Waals surface area (Å²) in [7, 11) is 0. The third kappa shape index (κ3) is 3.39. The van der Waals surface area contributed by atoms with Crippen molar-refractivity contribution in [2.75, 3.05) is 0 Å². The molecule has 42 heavy (non-hydrogen) atoms. The topological polar surface area (TPSA) is 25.8 Å². The standard InChI is InChI=1S/C40H24N2/c1-5-13-31-27(9-1)29-11-3-7-15-33(29)37-23-41-39(21-35(31)37)25-17-19-26(20-18-25)40-22-36-32-14-6-2-10-28(32)30-12-4-8-16-34(30)38(36)24-42-40/h1-24H. The first-order valence-electron chi connectivity index (χ1n) is 14.3. The molecule has 7 aromatic carbocycles. The summed E-state index contributed by atoms with van der Waals surface area (Å²) in [5.41, 5.74) is 4.13. The second kappa shape index (κ2) is 8.95. The molecular weight excluding hydrogens is 508 g/mol. The van der Waals surface area contributed by atoms with E-state index in [1.807, 2.05) is 12.4 Å². The molecule has 0 amide bonds. The van der Waals surface area contributed by atoms with Crippen LogP contribution in [-0.4, -0.2) is 9.97 Å². The number of nitrogens with zero attached hydrogens (tertiary/aromatic N) is 2. The first-order chi connectivity index (χ1) is 20.8. The largest absolute Gasteiger partial charge is 0.256 e. The lowest BCUT2D eigenvalue weighted by Gasteiger charge is -2.12. The zero-order chi connectivity index (χ0) is 27.6. The Morgan fingerprint density at radius 1 is 0.262 bits per heavy atom. The molecule has 9 rings (SSSR count). The van der Waals surface area contributed by atoms with Crippen molar-refractivity contribution in [3.63, 3.8) is 0 Å². The highest BCUT2D eigenvalue weighted by atomic mass is 14.7. The van der Waals surface area contributed by atoms with Gasteiger partial charge in [-0.1, -0.05) is 121 Å². The molecule has 0 fully saturated rings. The van der Waals surface area contributed by atoms with E-state index in [9.17, 15) is 0 Å². The summed E-state index contributed by atoms with van der Waals surface area (Å²) in [5, 5.41) is 14.9. The van der Waals surface area contributed by atoms with Gasteiger partial charge < -0.3 is 0 Å². The normalized spacial score (nSPS) is 11.8. The van der Waals surface area contributed by atoms with E-state index in [1.165, 1.54) is 64.6 Å². The summed E-state index contributed by atoms with van der Waals surface area (Å²) in [6.07, 6.45) is 4.07. The van der Waals surface area contributed by atoms with Gasteiger partial charge in [-0.05, 0) is 66.0 Å². The molecule has 0 saturated carbocycles. The van der Waals surface area contributed by atoms with Crippen LogP contribution in [0.15, 0.2) is 146 Å². The van der Waals surface area contributed by atoms with Crippen molar-refractivity contribution >= 4 is 64.6 Å². The summed E-state index contributed by atoms with van der Waals surface area (Å²) in [6.45, 7) is 0. The second-order valence-electron chi connectivity index (χ2n) is 11.0. The quantitative estimate of drug-likeness (QED) is 0.207. The van der Waals surface area contributed by atoms with Crippen molar-refractivity contribution < 1.29 is 0 Å². The van der Waals surface area contributed by atoms with E-state index >= 15 is 0 Å². The predicted octanol–water partition coefficient (Wildman–Crippen LogP) is 10.7. The predicted molar refractivity (Wildman–Crippen MR) is 178 cm³/mol. The fourth-order valence-corrected chi connectivity index (χ4v) is 6.72. The zero-order valence-electron chi connectivity index (χ0n) is 22.8. The Morgan fingerprint density at radius 3 is 0.833 bits per heavy atom. The molecule has 194 valence electrons. The smallest absolute Gasteiger partial charge is 0.0708 e. The summed E-state index contributed by atoms with van der Waals surface area (Å²) >= 11 is 0. The molecule has 9 aromatic rings. The van der Waals surface area contributed by atoms with Crippen molar-refractivity contribution in [2.24, 2.45) is 0 Å². The summed E-state index contributed by atoms with van der Waals surface area (Å²) in [6, 6.07) is 47.7. The average molecular weight is 533 g/mol. The van der Waals surface area contributed by atoms with Gasteiger partial charge >= 0.3 is 0 Å². The van der Waals surface area contributed by atoms with Crippen molar-refractivity contribution in [1.82, 2.24) is 9.97 Å². The molecule has 0 aliphatic rings. The molecule has 0 unspecified atom stereocenters. The molecule has 2 nitrogen and oxygen atoms in total. The van der Waals surface area contributed by atoms with E-state index in [2.05, 4.69) is 133 Å². The molecule has 2 heterocycles. The SMILES string of the molecule is c1ccc2c(c1)c1ccccc1c1cc(-c3ccc(-c4cc5c6ccccc6c6ccccc6c5cn4)cc3)ncc21. The summed E-state index contributed by atoms with van der Waals surface area (Å²) in [5.74, 6) is 0. The van der Waals surface area contributed by atoms with E-state index in [4.69, 9.17) is 9.97 Å². The van der Waals surface area contributed by atoms with Crippen molar-refractivity contribution in [1.29, 1.82) is 0 Å². The van der Waals surface area contributed by atoms with Gasteiger partial charge in [-0.3, -0.25) is 9.97 Å². The van der Waals surface area contributed by atoms with Crippen LogP contribution in [0.4, 0.5) is 0 Å². The minimum Gasteiger partial charge on any atom is -0.256 e. The molecule has 0 radical (unpaired) electrons. The third-order valence-electron chi connectivity index (χ3n) is 8.73. The third-order valence-corrected chi connectivity index (χ3v) is 8.73. The van der Waals surface area contributed by atoms with Gasteiger partial charge in [-0.25, -0.2) is 0 Å². The number of fused-ring (bicyclic) bond motifs is 12. The van der Waals surface area contributed by atoms with Crippen molar-refractivity contribution in [2.45, 2.75) is 0 Å². The molecule has 0 spiro atoms. The van der Waals surface area contributed by atoms with Gasteiger partial charge in [0.25, 0.3) is 0 Å². The van der Waals surface area contributed by atoms with Gasteiger partial charge in [0.1, 0.15) is 0 Å². The van der Waals surface area contributed by atoms with Crippen LogP contribution in [0.25, 0.3) is 87.1 Å². The van der Waals surface area contributed by atoms with Crippen LogP contribution in [0.1, 0.15) is 0 Å². The Kier molecular flexibility index (Phi) is 4.93. The van der Waals surface area contributed by atoms with Crippen LogP contribution in [0.5, 0.6) is 0 Å². The first kappa shape index (κ1) is 23.1. The molecule has 0 saturated heterocycles. The molecule has 2 heteroatoms. The average Bonchev–Trinajstić information content (AvgIpc) is 3.08. The molecule has 2 aromatic heterocycles. The van der Waals surface area contributed by atoms with E-state index in [0.717, 1.165) is 22.5 Å². The minimum atomic E-state index is 0.971. The Balaban J connectivity index is 1.17. The highest BCUT2D eigenvalue weighted by molar-refractivity contribution is 6.26. The fourth-order valence-electron chi connectivity index (χ4n) is 6.72. The highest BCUT2D eigenvalue weighted by Gasteiger charge is 2.12. The lowest BCUT2D eigenvalue weighted by atomic mass is 9.94. The van der Waals surface area contributed by atoms with Crippen LogP contribution in [0.2, 0.25) is 0 Å². The maximum atomic E-state index is 4.92. The number of benzene rings is 7. The zero-order valence-corrected chi connectivity index (χ0v) is 22.8. The van der Waals surface area contributed by atoms with E-state index < -0.39 is 0 Å². The Hall–Kier alpha value is -5.60. The number of pyridine rings is 2. The molecule has 0 bridgehead atoms. The van der Waals surface area contributed by atoms with Crippen molar-refractivity contribution in [3.05, 3.63) is 146 Å². The Morgan fingerprint density at radius 2 is 0.524 bits per heavy atom. The molecule has 0 N–H and O–H groups in total. The van der Waals surface area contributed by atoms with Gasteiger partial charge in [0, 0.05) is 34.3 Å². The van der Waals surface area contributed by atoms with Crippen LogP contribution < -0.4 is 0 Å². The summed E-state index contributed by atoms with van der Waals surface area (Å²) < 4.78 is 0. The lowest BCUT2D eigenvalue weighted by molar-refractivity contribution is 1.35. The van der Waals surface area contributed by atoms with Gasteiger partial charge in [-0.15, -0.1) is 0 Å². The summed E-state index contributed by atoms with van der Waals surface area (Å²) in [4.78, 5) is 9.85. The van der Waals surface area contributed by atoms with Gasteiger partial charge in [-0.2, -0.15) is 0 Å². The number of hydrogen-bond donors (Lipinski definition) is 0. The first-order valence-corrected chi connectivity index (χ1v) is 14.3. The maximum absolute atomic E-state index is 4.92. The molecule has 0 aliphatic heterocycles.